The van der Waals surface area contributed by atoms with Gasteiger partial charge < -0.3 is 11.5 Å². The smallest absolute Gasteiger partial charge is 0.296 e. The minimum absolute atomic E-state index is 0.512. The summed E-state index contributed by atoms with van der Waals surface area (Å²) >= 11 is 0. The quantitative estimate of drug-likeness (QED) is 0.443. The third kappa shape index (κ3) is 2.25. The van der Waals surface area contributed by atoms with E-state index in [0.29, 0.717) is 6.08 Å². The Balaban J connectivity index is 3.29. The standard InChI is InChI=1S/C6H10N2O6S2/c7-4-3-6(8,16(12,13)14)2-1-5(4)15(9,10)11/h1,3H,2,7-8H2,(H,9,10,11)(H,12,13,14). The second-order valence-corrected chi connectivity index (χ2v) is 6.38. The molecule has 0 spiro atoms. The molecule has 0 amide bonds. The number of nitrogens with two attached hydrogens (primary N) is 2. The van der Waals surface area contributed by atoms with Crippen molar-refractivity contribution in [3.8, 4) is 0 Å². The van der Waals surface area contributed by atoms with E-state index in [-0.39, 0.29) is 0 Å². The minimum Gasteiger partial charge on any atom is -0.398 e. The molecule has 92 valence electrons. The van der Waals surface area contributed by atoms with Crippen LogP contribution in [0, 0.1) is 0 Å². The molecule has 0 aliphatic heterocycles. The van der Waals surface area contributed by atoms with E-state index in [1.54, 1.807) is 0 Å². The molecular weight excluding hydrogens is 260 g/mol. The maximum absolute atomic E-state index is 10.9. The molecule has 0 radical (unpaired) electrons. The highest BCUT2D eigenvalue weighted by Crippen LogP contribution is 2.28. The molecule has 1 aliphatic carbocycles. The van der Waals surface area contributed by atoms with Crippen LogP contribution in [0.25, 0.3) is 0 Å². The minimum atomic E-state index is -4.63. The molecule has 0 bridgehead atoms. The Kier molecular flexibility index (Phi) is 2.90. The Morgan fingerprint density at radius 2 is 1.75 bits per heavy atom. The molecule has 1 atom stereocenters. The monoisotopic (exact) mass is 270 g/mol. The Morgan fingerprint density at radius 1 is 1.25 bits per heavy atom. The summed E-state index contributed by atoms with van der Waals surface area (Å²) in [5, 5.41) is 0. The third-order valence-corrected chi connectivity index (χ3v) is 4.25. The van der Waals surface area contributed by atoms with Crippen molar-refractivity contribution < 1.29 is 25.9 Å². The van der Waals surface area contributed by atoms with Crippen molar-refractivity contribution in [3.63, 3.8) is 0 Å². The topological polar surface area (TPSA) is 161 Å². The van der Waals surface area contributed by atoms with Crippen LogP contribution in [0.15, 0.2) is 22.8 Å². The molecule has 10 heteroatoms. The summed E-state index contributed by atoms with van der Waals surface area (Å²) in [4.78, 5) is -2.80. The molecule has 0 aromatic heterocycles. The third-order valence-electron chi connectivity index (χ3n) is 2.05. The summed E-state index contributed by atoms with van der Waals surface area (Å²) < 4.78 is 60.9. The highest BCUT2D eigenvalue weighted by molar-refractivity contribution is 7.90. The SMILES string of the molecule is NC1=CC(N)(S(=O)(=O)O)CC=C1S(=O)(=O)O. The van der Waals surface area contributed by atoms with E-state index in [0.717, 1.165) is 6.08 Å². The number of hydrogen-bond acceptors (Lipinski definition) is 6. The first kappa shape index (κ1) is 13.1. The van der Waals surface area contributed by atoms with Crippen molar-refractivity contribution in [2.45, 2.75) is 11.3 Å². The normalized spacial score (nSPS) is 27.2. The Bertz CT molecular complexity index is 572. The highest BCUT2D eigenvalue weighted by Gasteiger charge is 2.40. The largest absolute Gasteiger partial charge is 0.398 e. The van der Waals surface area contributed by atoms with Crippen LogP contribution in [0.2, 0.25) is 0 Å². The molecule has 6 N–H and O–H groups in total. The molecule has 0 aromatic carbocycles. The summed E-state index contributed by atoms with van der Waals surface area (Å²) in [5.74, 6) is 0. The van der Waals surface area contributed by atoms with Gasteiger partial charge in [-0.1, -0.05) is 6.08 Å². The Hall–Kier alpha value is -0.940. The highest BCUT2D eigenvalue weighted by atomic mass is 32.2. The predicted molar refractivity (Wildman–Crippen MR) is 55.0 cm³/mol. The van der Waals surface area contributed by atoms with Crippen LogP contribution >= 0.6 is 0 Å². The zero-order chi connectivity index (χ0) is 12.8. The first-order chi connectivity index (χ1) is 6.97. The molecule has 16 heavy (non-hydrogen) atoms. The van der Waals surface area contributed by atoms with E-state index < -0.39 is 42.1 Å². The summed E-state index contributed by atoms with van der Waals surface area (Å²) in [5.41, 5.74) is 10.0. The lowest BCUT2D eigenvalue weighted by atomic mass is 10.1. The van der Waals surface area contributed by atoms with Crippen LogP contribution < -0.4 is 11.5 Å². The van der Waals surface area contributed by atoms with Crippen molar-refractivity contribution in [1.29, 1.82) is 0 Å². The van der Waals surface area contributed by atoms with Crippen molar-refractivity contribution in [2.24, 2.45) is 11.5 Å². The van der Waals surface area contributed by atoms with Gasteiger partial charge in [0.15, 0.2) is 4.87 Å². The predicted octanol–water partition coefficient (Wildman–Crippen LogP) is -1.45. The van der Waals surface area contributed by atoms with Gasteiger partial charge in [0.05, 0.1) is 5.70 Å². The van der Waals surface area contributed by atoms with Gasteiger partial charge in [-0.2, -0.15) is 16.8 Å². The van der Waals surface area contributed by atoms with E-state index in [4.69, 9.17) is 20.6 Å². The molecule has 0 aromatic rings. The van der Waals surface area contributed by atoms with E-state index in [9.17, 15) is 16.8 Å². The fourth-order valence-corrected chi connectivity index (χ4v) is 2.42. The summed E-state index contributed by atoms with van der Waals surface area (Å²) in [7, 11) is -9.16. The zero-order valence-electron chi connectivity index (χ0n) is 7.86. The maximum atomic E-state index is 10.9. The molecule has 8 nitrogen and oxygen atoms in total. The van der Waals surface area contributed by atoms with Crippen LogP contribution in [0.1, 0.15) is 6.42 Å². The van der Waals surface area contributed by atoms with Crippen molar-refractivity contribution in [1.82, 2.24) is 0 Å². The van der Waals surface area contributed by atoms with Crippen LogP contribution in [0.5, 0.6) is 0 Å². The lowest BCUT2D eigenvalue weighted by Gasteiger charge is -2.25. The van der Waals surface area contributed by atoms with Gasteiger partial charge in [-0.3, -0.25) is 9.11 Å². The summed E-state index contributed by atoms with van der Waals surface area (Å²) in [6.45, 7) is 0. The van der Waals surface area contributed by atoms with E-state index in [2.05, 4.69) is 0 Å². The van der Waals surface area contributed by atoms with Gasteiger partial charge in [0.2, 0.25) is 0 Å². The van der Waals surface area contributed by atoms with Gasteiger partial charge in [-0.25, -0.2) is 0 Å². The fraction of sp³-hybridized carbons (Fsp3) is 0.333. The molecule has 0 saturated heterocycles. The van der Waals surface area contributed by atoms with Crippen LogP contribution in [-0.4, -0.2) is 30.8 Å². The Morgan fingerprint density at radius 3 is 2.06 bits per heavy atom. The van der Waals surface area contributed by atoms with Gasteiger partial charge in [0.25, 0.3) is 20.2 Å². The number of hydrogen-bond donors (Lipinski definition) is 4. The number of rotatable bonds is 2. The van der Waals surface area contributed by atoms with Crippen LogP contribution in [0.4, 0.5) is 0 Å². The molecule has 0 saturated carbocycles. The van der Waals surface area contributed by atoms with E-state index >= 15 is 0 Å². The van der Waals surface area contributed by atoms with Gasteiger partial charge in [0.1, 0.15) is 4.91 Å². The summed E-state index contributed by atoms with van der Waals surface area (Å²) in [6.07, 6.45) is 0.992. The zero-order valence-corrected chi connectivity index (χ0v) is 9.49. The molecule has 0 fully saturated rings. The van der Waals surface area contributed by atoms with Gasteiger partial charge >= 0.3 is 0 Å². The average Bonchev–Trinajstić information content (AvgIpc) is 1.98. The molecule has 1 unspecified atom stereocenters. The van der Waals surface area contributed by atoms with Gasteiger partial charge in [-0.05, 0) is 6.08 Å². The van der Waals surface area contributed by atoms with E-state index in [1.165, 1.54) is 0 Å². The second-order valence-electron chi connectivity index (χ2n) is 3.28. The second kappa shape index (κ2) is 3.53. The average molecular weight is 270 g/mol. The van der Waals surface area contributed by atoms with Crippen molar-refractivity contribution in [3.05, 3.63) is 22.8 Å². The first-order valence-corrected chi connectivity index (χ1v) is 6.78. The molecule has 0 heterocycles. The fourth-order valence-electron chi connectivity index (χ4n) is 1.20. The van der Waals surface area contributed by atoms with Crippen LogP contribution in [-0.2, 0) is 20.2 Å². The molecule has 1 aliphatic rings. The molecule has 1 rings (SSSR count). The summed E-state index contributed by atoms with van der Waals surface area (Å²) in [6, 6.07) is 0. The first-order valence-electron chi connectivity index (χ1n) is 3.90. The maximum Gasteiger partial charge on any atom is 0.296 e. The lowest BCUT2D eigenvalue weighted by molar-refractivity contribution is 0.445. The van der Waals surface area contributed by atoms with Gasteiger partial charge in [0, 0.05) is 6.42 Å². The van der Waals surface area contributed by atoms with Crippen molar-refractivity contribution >= 4 is 20.2 Å². The van der Waals surface area contributed by atoms with Gasteiger partial charge in [-0.15, -0.1) is 0 Å². The molecular formula is C6H10N2O6S2. The van der Waals surface area contributed by atoms with Crippen molar-refractivity contribution in [2.75, 3.05) is 0 Å². The van der Waals surface area contributed by atoms with Crippen LogP contribution in [0.3, 0.4) is 0 Å². The lowest BCUT2D eigenvalue weighted by Crippen LogP contribution is -2.47. The van der Waals surface area contributed by atoms with E-state index in [1.807, 2.05) is 0 Å². The Labute approximate surface area is 92.1 Å².